The zero-order chi connectivity index (χ0) is 10.3. The molecule has 2 N–H and O–H groups in total. The second kappa shape index (κ2) is 6.89. The molecule has 0 spiro atoms. The first-order valence-corrected chi connectivity index (χ1v) is 4.98. The van der Waals surface area contributed by atoms with Gasteiger partial charge in [-0.2, -0.15) is 0 Å². The van der Waals surface area contributed by atoms with Crippen LogP contribution < -0.4 is 5.73 Å². The Morgan fingerprint density at radius 1 is 1.46 bits per heavy atom. The first kappa shape index (κ1) is 12.4. The van der Waals surface area contributed by atoms with Gasteiger partial charge in [-0.15, -0.1) is 0 Å². The molecule has 0 amide bonds. The molecule has 0 heterocycles. The molecule has 0 saturated carbocycles. The van der Waals surface area contributed by atoms with Crippen molar-refractivity contribution in [2.45, 2.75) is 45.6 Å². The van der Waals surface area contributed by atoms with Crippen molar-refractivity contribution in [3.8, 4) is 0 Å². The Morgan fingerprint density at radius 2 is 2.08 bits per heavy atom. The van der Waals surface area contributed by atoms with Crippen molar-refractivity contribution in [1.82, 2.24) is 0 Å². The van der Waals surface area contributed by atoms with Crippen LogP contribution in [-0.2, 0) is 9.53 Å². The zero-order valence-corrected chi connectivity index (χ0v) is 8.88. The second-order valence-electron chi connectivity index (χ2n) is 3.40. The Morgan fingerprint density at radius 3 is 2.46 bits per heavy atom. The van der Waals surface area contributed by atoms with Gasteiger partial charge < -0.3 is 10.5 Å². The lowest BCUT2D eigenvalue weighted by Crippen LogP contribution is -2.31. The minimum absolute atomic E-state index is 0.124. The molecule has 0 aliphatic heterocycles. The van der Waals surface area contributed by atoms with Gasteiger partial charge in [-0.05, 0) is 18.8 Å². The van der Waals surface area contributed by atoms with Crippen LogP contribution >= 0.6 is 0 Å². The number of esters is 1. The molecule has 0 saturated heterocycles. The van der Waals surface area contributed by atoms with Gasteiger partial charge in [0.2, 0.25) is 0 Å². The average molecular weight is 187 g/mol. The van der Waals surface area contributed by atoms with Gasteiger partial charge in [0.25, 0.3) is 0 Å². The van der Waals surface area contributed by atoms with Crippen LogP contribution in [0.4, 0.5) is 0 Å². The van der Waals surface area contributed by atoms with E-state index in [0.717, 1.165) is 19.3 Å². The Hall–Kier alpha value is -0.570. The highest BCUT2D eigenvalue weighted by Gasteiger charge is 2.19. The number of carbonyl (C=O) groups excluding carboxylic acids is 1. The molecule has 2 unspecified atom stereocenters. The summed E-state index contributed by atoms with van der Waals surface area (Å²) in [6, 6.07) is 0.124. The molecule has 0 aromatic heterocycles. The van der Waals surface area contributed by atoms with Crippen molar-refractivity contribution in [3.05, 3.63) is 0 Å². The quantitative estimate of drug-likeness (QED) is 0.644. The van der Waals surface area contributed by atoms with E-state index < -0.39 is 0 Å². The molecule has 3 heteroatoms. The van der Waals surface area contributed by atoms with Crippen LogP contribution in [0.5, 0.6) is 0 Å². The van der Waals surface area contributed by atoms with Crippen LogP contribution in [0.3, 0.4) is 0 Å². The summed E-state index contributed by atoms with van der Waals surface area (Å²) < 4.78 is 4.63. The normalized spacial score (nSPS) is 15.1. The molecule has 0 aliphatic carbocycles. The Kier molecular flexibility index (Phi) is 6.59. The molecular weight excluding hydrogens is 166 g/mol. The van der Waals surface area contributed by atoms with E-state index in [0.29, 0.717) is 6.42 Å². The molecule has 0 aromatic rings. The van der Waals surface area contributed by atoms with Crippen LogP contribution in [-0.4, -0.2) is 19.1 Å². The summed E-state index contributed by atoms with van der Waals surface area (Å²) in [5, 5.41) is 0. The summed E-state index contributed by atoms with van der Waals surface area (Å²) in [5.74, 6) is 0.129. The van der Waals surface area contributed by atoms with Crippen LogP contribution in [0, 0.1) is 5.92 Å². The highest BCUT2D eigenvalue weighted by molar-refractivity contribution is 5.69. The van der Waals surface area contributed by atoms with Crippen LogP contribution in [0.25, 0.3) is 0 Å². The molecule has 3 nitrogen and oxygen atoms in total. The topological polar surface area (TPSA) is 52.3 Å². The van der Waals surface area contributed by atoms with Gasteiger partial charge in [0.1, 0.15) is 0 Å². The van der Waals surface area contributed by atoms with Crippen LogP contribution in [0.15, 0.2) is 0 Å². The van der Waals surface area contributed by atoms with Crippen molar-refractivity contribution in [3.63, 3.8) is 0 Å². The number of nitrogens with two attached hydrogens (primary N) is 1. The molecule has 13 heavy (non-hydrogen) atoms. The molecule has 0 rings (SSSR count). The number of ether oxygens (including phenoxy) is 1. The molecule has 0 bridgehead atoms. The first-order valence-electron chi connectivity index (χ1n) is 4.98. The standard InChI is InChI=1S/C10H21NO2/c1-4-6-8(9(11)5-2)7-10(12)13-3/h8-9H,4-7,11H2,1-3H3. The van der Waals surface area contributed by atoms with Gasteiger partial charge in [0.15, 0.2) is 0 Å². The molecule has 2 atom stereocenters. The number of hydrogen-bond acceptors (Lipinski definition) is 3. The molecule has 78 valence electrons. The van der Waals surface area contributed by atoms with Gasteiger partial charge >= 0.3 is 5.97 Å². The molecule has 0 fully saturated rings. The highest BCUT2D eigenvalue weighted by atomic mass is 16.5. The Balaban J connectivity index is 4.00. The lowest BCUT2D eigenvalue weighted by molar-refractivity contribution is -0.142. The highest BCUT2D eigenvalue weighted by Crippen LogP contribution is 2.17. The van der Waals surface area contributed by atoms with E-state index in [1.165, 1.54) is 7.11 Å². The number of methoxy groups -OCH3 is 1. The van der Waals surface area contributed by atoms with E-state index in [1.54, 1.807) is 0 Å². The van der Waals surface area contributed by atoms with Gasteiger partial charge in [-0.25, -0.2) is 0 Å². The van der Waals surface area contributed by atoms with E-state index in [4.69, 9.17) is 5.73 Å². The van der Waals surface area contributed by atoms with Gasteiger partial charge in [-0.3, -0.25) is 4.79 Å². The maximum atomic E-state index is 11.0. The maximum absolute atomic E-state index is 11.0. The van der Waals surface area contributed by atoms with Crippen molar-refractivity contribution < 1.29 is 9.53 Å². The number of hydrogen-bond donors (Lipinski definition) is 1. The minimum Gasteiger partial charge on any atom is -0.469 e. The van der Waals surface area contributed by atoms with Crippen LogP contribution in [0.1, 0.15) is 39.5 Å². The van der Waals surface area contributed by atoms with E-state index in [-0.39, 0.29) is 17.9 Å². The Bertz CT molecular complexity index is 148. The monoisotopic (exact) mass is 187 g/mol. The van der Waals surface area contributed by atoms with Crippen molar-refractivity contribution in [1.29, 1.82) is 0 Å². The third kappa shape index (κ3) is 4.88. The third-order valence-electron chi connectivity index (χ3n) is 2.39. The van der Waals surface area contributed by atoms with Gasteiger partial charge in [0.05, 0.1) is 7.11 Å². The molecule has 0 aliphatic rings. The molecular formula is C10H21NO2. The van der Waals surface area contributed by atoms with Gasteiger partial charge in [0, 0.05) is 12.5 Å². The van der Waals surface area contributed by atoms with Crippen molar-refractivity contribution in [2.75, 3.05) is 7.11 Å². The number of rotatable bonds is 6. The maximum Gasteiger partial charge on any atom is 0.305 e. The predicted molar refractivity (Wildman–Crippen MR) is 53.3 cm³/mol. The van der Waals surface area contributed by atoms with E-state index >= 15 is 0 Å². The molecule has 0 radical (unpaired) electrons. The summed E-state index contributed by atoms with van der Waals surface area (Å²) in [6.07, 6.45) is 3.44. The largest absolute Gasteiger partial charge is 0.469 e. The van der Waals surface area contributed by atoms with Gasteiger partial charge in [-0.1, -0.05) is 20.3 Å². The smallest absolute Gasteiger partial charge is 0.305 e. The lowest BCUT2D eigenvalue weighted by Gasteiger charge is -2.20. The fraction of sp³-hybridized carbons (Fsp3) is 0.900. The Labute approximate surface area is 80.6 Å². The van der Waals surface area contributed by atoms with Crippen molar-refractivity contribution >= 4 is 5.97 Å². The zero-order valence-electron chi connectivity index (χ0n) is 8.88. The average Bonchev–Trinajstić information content (AvgIpc) is 2.15. The lowest BCUT2D eigenvalue weighted by atomic mass is 9.91. The minimum atomic E-state index is -0.151. The number of carbonyl (C=O) groups is 1. The molecule has 0 aromatic carbocycles. The fourth-order valence-corrected chi connectivity index (χ4v) is 1.47. The second-order valence-corrected chi connectivity index (χ2v) is 3.40. The predicted octanol–water partition coefficient (Wildman–Crippen LogP) is 1.70. The van der Waals surface area contributed by atoms with Crippen molar-refractivity contribution in [2.24, 2.45) is 11.7 Å². The van der Waals surface area contributed by atoms with E-state index in [2.05, 4.69) is 11.7 Å². The summed E-state index contributed by atoms with van der Waals surface area (Å²) in [7, 11) is 1.42. The summed E-state index contributed by atoms with van der Waals surface area (Å²) in [4.78, 5) is 11.0. The summed E-state index contributed by atoms with van der Waals surface area (Å²) in [5.41, 5.74) is 5.90. The van der Waals surface area contributed by atoms with E-state index in [1.807, 2.05) is 6.92 Å². The summed E-state index contributed by atoms with van der Waals surface area (Å²) >= 11 is 0. The fourth-order valence-electron chi connectivity index (χ4n) is 1.47. The third-order valence-corrected chi connectivity index (χ3v) is 2.39. The van der Waals surface area contributed by atoms with Crippen LogP contribution in [0.2, 0.25) is 0 Å². The van der Waals surface area contributed by atoms with E-state index in [9.17, 15) is 4.79 Å². The SMILES string of the molecule is CCCC(CC(=O)OC)C(N)CC. The first-order chi connectivity index (χ1) is 6.15. The summed E-state index contributed by atoms with van der Waals surface area (Å²) in [6.45, 7) is 4.15.